The zero-order chi connectivity index (χ0) is 41.3. The fraction of sp³-hybridized carbons (Fsp3) is 0.245. The zero-order valence-electron chi connectivity index (χ0n) is 34.5. The van der Waals surface area contributed by atoms with Crippen LogP contribution < -0.4 is 56.8 Å². The van der Waals surface area contributed by atoms with E-state index in [0.29, 0.717) is 108 Å². The molecule has 0 aromatic heterocycles. The van der Waals surface area contributed by atoms with E-state index in [-0.39, 0.29) is 59.3 Å². The third kappa shape index (κ3) is 6.60. The van der Waals surface area contributed by atoms with Gasteiger partial charge in [0.2, 0.25) is 40.8 Å². The van der Waals surface area contributed by atoms with E-state index in [4.69, 9.17) is 58.2 Å². The van der Waals surface area contributed by atoms with Crippen LogP contribution in [-0.4, -0.2) is 40.8 Å². The predicted molar refractivity (Wildman–Crippen MR) is 219 cm³/mol. The standard InChI is InChI=1S/C48H36O12.CH3.V/c1-25-7-37-39-9-27(25)2-29-11-41-42-12-30(29)3-28-10-40-38(8-26(1)28)50-20-54-44-14-32-4-31-13-43(53-19-49-37)45(55-21-51-39)15-33(31)5-35-17-47(59-23-57-41)48(60-24-58-42)18-36(35)6-34(32)16-46(44)56-22-52-40;;/h7-18H,1-6,19-24H2;1H3;/q;-1;/i;1T;. The monoisotopic (exact) mass is 872 g/mol. The summed E-state index contributed by atoms with van der Waals surface area (Å²) in [6.45, 7) is -0.372. The molecule has 0 fully saturated rings. The largest absolute Gasteiger partial charge is 0.454 e. The third-order valence-corrected chi connectivity index (χ3v) is 12.5. The summed E-state index contributed by atoms with van der Waals surface area (Å²) in [5, 5.41) is 0. The molecule has 0 atom stereocenters. The van der Waals surface area contributed by atoms with Gasteiger partial charge in [0.1, 0.15) is 0 Å². The molecule has 13 heteroatoms. The van der Waals surface area contributed by atoms with Gasteiger partial charge >= 0.3 is 0 Å². The molecule has 0 amide bonds. The van der Waals surface area contributed by atoms with E-state index < -0.39 is 0 Å². The van der Waals surface area contributed by atoms with Crippen LogP contribution in [-0.2, 0) is 57.1 Å². The Morgan fingerprint density at radius 1 is 0.226 bits per heavy atom. The number of rotatable bonds is 0. The zero-order valence-corrected chi connectivity index (χ0v) is 34.9. The molecule has 2 aliphatic carbocycles. The summed E-state index contributed by atoms with van der Waals surface area (Å²) in [5.74, 6) is 6.60. The SMILES string of the molecule is [3H][CH2-].[V].c1c2c3cc4c1OCOc1cc5c(cc1OCO4)Cc1cc4c6cc1Cc1cc7c(cc1C5)OCOc1cc(c(cc1OCO7)Cc1cc(c(cc1C3)OCO4)OCO6)C2. The van der Waals surface area contributed by atoms with Crippen molar-refractivity contribution in [1.29, 1.82) is 0 Å². The minimum Gasteiger partial charge on any atom is -0.454 e. The number of benzene rings is 6. The molecule has 1 radical (unpaired) electrons. The van der Waals surface area contributed by atoms with E-state index in [0.717, 1.165) is 66.8 Å². The summed E-state index contributed by atoms with van der Waals surface area (Å²) >= 11 is 0. The van der Waals surface area contributed by atoms with E-state index in [1.54, 1.807) is 0 Å². The van der Waals surface area contributed by atoms with E-state index in [2.05, 4.69) is 7.40 Å². The third-order valence-electron chi connectivity index (χ3n) is 12.5. The van der Waals surface area contributed by atoms with Crippen LogP contribution in [0.1, 0.15) is 68.1 Å². The van der Waals surface area contributed by atoms with E-state index >= 15 is 0 Å². The second kappa shape index (κ2) is 15.1. The molecule has 12 nitrogen and oxygen atoms in total. The Morgan fingerprint density at radius 3 is 0.419 bits per heavy atom. The molecule has 313 valence electrons. The summed E-state index contributed by atoms with van der Waals surface area (Å²) in [4.78, 5) is 0. The van der Waals surface area contributed by atoms with Gasteiger partial charge in [-0.1, -0.05) is 0 Å². The maximum atomic E-state index is 6.45. The van der Waals surface area contributed by atoms with Gasteiger partial charge in [0.25, 0.3) is 0 Å². The minimum absolute atomic E-state index is 0. The smallest absolute Gasteiger partial charge is 0.231 e. The molecule has 0 N–H and O–H groups in total. The minimum atomic E-state index is -0.0620. The van der Waals surface area contributed by atoms with Crippen LogP contribution in [0.2, 0.25) is 0 Å². The molecule has 0 spiro atoms. The molecule has 6 aromatic rings. The molecule has 0 saturated heterocycles. The average Bonchev–Trinajstić information content (AvgIpc) is 3.36. The van der Waals surface area contributed by atoms with Gasteiger partial charge in [0, 0.05) is 18.6 Å². The fourth-order valence-corrected chi connectivity index (χ4v) is 9.36. The van der Waals surface area contributed by atoms with Gasteiger partial charge in [-0.3, -0.25) is 0 Å². The maximum absolute atomic E-state index is 6.45. The molecule has 62 heavy (non-hydrogen) atoms. The molecule has 3 aliphatic heterocycles. The maximum Gasteiger partial charge on any atom is 0.231 e. The van der Waals surface area contributed by atoms with Crippen molar-refractivity contribution in [2.24, 2.45) is 0 Å². The summed E-state index contributed by atoms with van der Waals surface area (Å²) in [6, 6.07) is 24.6. The van der Waals surface area contributed by atoms with Gasteiger partial charge in [0.15, 0.2) is 69.0 Å². The van der Waals surface area contributed by atoms with Gasteiger partial charge < -0.3 is 64.2 Å². The van der Waals surface area contributed by atoms with Crippen molar-refractivity contribution in [3.63, 3.8) is 0 Å². The van der Waals surface area contributed by atoms with E-state index in [1.165, 1.54) is 0 Å². The molecule has 5 aliphatic rings. The Hall–Kier alpha value is -6.50. The number of hydrogen-bond acceptors (Lipinski definition) is 12. The van der Waals surface area contributed by atoms with Gasteiger partial charge in [-0.2, -0.15) is 0 Å². The first-order valence-corrected chi connectivity index (χ1v) is 20.1. The number of fused-ring (bicyclic) bond motifs is 12. The molecule has 0 bridgehead atoms. The Kier molecular flexibility index (Phi) is 9.11. The number of hydrogen-bond donors (Lipinski definition) is 0. The van der Waals surface area contributed by atoms with Crippen molar-refractivity contribution in [1.82, 2.24) is 0 Å². The van der Waals surface area contributed by atoms with Crippen LogP contribution >= 0.6 is 0 Å². The average molecular weight is 873 g/mol. The van der Waals surface area contributed by atoms with E-state index in [1.807, 2.05) is 72.8 Å². The molecule has 11 rings (SSSR count). The van der Waals surface area contributed by atoms with Crippen molar-refractivity contribution < 1.29 is 76.8 Å². The molecular weight excluding hydrogens is 831 g/mol. The Labute approximate surface area is 370 Å². The van der Waals surface area contributed by atoms with Gasteiger partial charge in [-0.25, -0.2) is 1.37 Å². The van der Waals surface area contributed by atoms with Crippen LogP contribution in [0.15, 0.2) is 72.8 Å². The second-order valence-electron chi connectivity index (χ2n) is 15.9. The molecular formula is C49H39O12V-. The molecule has 3 heterocycles. The van der Waals surface area contributed by atoms with Crippen molar-refractivity contribution in [3.8, 4) is 69.0 Å². The van der Waals surface area contributed by atoms with Crippen molar-refractivity contribution >= 4 is 0 Å². The van der Waals surface area contributed by atoms with E-state index in [9.17, 15) is 0 Å². The Balaban J connectivity index is 0.00000146. The van der Waals surface area contributed by atoms with Gasteiger partial charge in [0.05, 0.1) is 0 Å². The van der Waals surface area contributed by atoms with Crippen LogP contribution in [0.25, 0.3) is 0 Å². The molecule has 0 saturated carbocycles. The summed E-state index contributed by atoms with van der Waals surface area (Å²) in [5.41, 5.74) is 12.5. The van der Waals surface area contributed by atoms with Crippen molar-refractivity contribution in [2.75, 3.05) is 40.8 Å². The fourth-order valence-electron chi connectivity index (χ4n) is 9.36. The first kappa shape index (κ1) is 37.3. The second-order valence-corrected chi connectivity index (χ2v) is 15.9. The van der Waals surface area contributed by atoms with Crippen molar-refractivity contribution in [2.45, 2.75) is 38.5 Å². The van der Waals surface area contributed by atoms with Crippen LogP contribution in [0.5, 0.6) is 69.0 Å². The summed E-state index contributed by atoms with van der Waals surface area (Å²) in [6.07, 6.45) is 3.34. The van der Waals surface area contributed by atoms with Crippen LogP contribution in [0, 0.1) is 7.40 Å². The predicted octanol–water partition coefficient (Wildman–Crippen LogP) is 8.36. The summed E-state index contributed by atoms with van der Waals surface area (Å²) in [7, 11) is 2.50. The number of ether oxygens (including phenoxy) is 12. The normalized spacial score (nSPS) is 16.4. The molecule has 6 aromatic carbocycles. The first-order chi connectivity index (χ1) is 30.6. The topological polar surface area (TPSA) is 111 Å². The van der Waals surface area contributed by atoms with Crippen LogP contribution in [0.3, 0.4) is 0 Å². The van der Waals surface area contributed by atoms with Gasteiger partial charge in [-0.05, 0) is 178 Å². The summed E-state index contributed by atoms with van der Waals surface area (Å²) < 4.78 is 82.9. The Morgan fingerprint density at radius 2 is 0.323 bits per heavy atom. The Bertz CT molecular complexity index is 2160. The first-order valence-electron chi connectivity index (χ1n) is 20.8. The molecule has 0 unspecified atom stereocenters. The van der Waals surface area contributed by atoms with Gasteiger partial charge in [-0.15, -0.1) is 0 Å². The van der Waals surface area contributed by atoms with Crippen LogP contribution in [0.4, 0.5) is 0 Å². The van der Waals surface area contributed by atoms with Crippen molar-refractivity contribution in [3.05, 3.63) is 147 Å². The quantitative estimate of drug-likeness (QED) is 0.137.